The van der Waals surface area contributed by atoms with Gasteiger partial charge in [-0.2, -0.15) is 4.31 Å². The van der Waals surface area contributed by atoms with E-state index >= 15 is 0 Å². The van der Waals surface area contributed by atoms with E-state index < -0.39 is 10.0 Å². The lowest BCUT2D eigenvalue weighted by molar-refractivity contribution is 0.368. The minimum absolute atomic E-state index is 0.175. The lowest BCUT2D eigenvalue weighted by Gasteiger charge is -2.24. The molecule has 0 saturated carbocycles. The zero-order valence-corrected chi connectivity index (χ0v) is 13.6. The van der Waals surface area contributed by atoms with E-state index in [9.17, 15) is 8.42 Å². The summed E-state index contributed by atoms with van der Waals surface area (Å²) in [6, 6.07) is 8.43. The number of aromatic nitrogens is 1. The van der Waals surface area contributed by atoms with Crippen molar-refractivity contribution in [2.24, 2.45) is 0 Å². The van der Waals surface area contributed by atoms with Crippen molar-refractivity contribution in [2.45, 2.75) is 44.0 Å². The summed E-state index contributed by atoms with van der Waals surface area (Å²) in [6.45, 7) is 4.41. The number of hydrogen-bond donors (Lipinski definition) is 0. The van der Waals surface area contributed by atoms with Crippen LogP contribution in [0.4, 0.5) is 0 Å². The van der Waals surface area contributed by atoms with Crippen molar-refractivity contribution >= 4 is 10.0 Å². The van der Waals surface area contributed by atoms with E-state index in [-0.39, 0.29) is 6.04 Å². The molecule has 1 aliphatic heterocycles. The molecule has 0 aliphatic carbocycles. The van der Waals surface area contributed by atoms with Gasteiger partial charge < -0.3 is 4.52 Å². The summed E-state index contributed by atoms with van der Waals surface area (Å²) in [5, 5.41) is 4.02. The fourth-order valence-corrected chi connectivity index (χ4v) is 4.84. The van der Waals surface area contributed by atoms with Gasteiger partial charge in [-0.05, 0) is 31.9 Å². The Labute approximate surface area is 131 Å². The van der Waals surface area contributed by atoms with Crippen LogP contribution >= 0.6 is 0 Å². The second-order valence-corrected chi connectivity index (χ2v) is 7.44. The van der Waals surface area contributed by atoms with Crippen molar-refractivity contribution < 1.29 is 12.9 Å². The highest BCUT2D eigenvalue weighted by Crippen LogP contribution is 2.39. The van der Waals surface area contributed by atoms with Gasteiger partial charge in [0.2, 0.25) is 10.0 Å². The Bertz CT molecular complexity index is 753. The average molecular weight is 320 g/mol. The van der Waals surface area contributed by atoms with Crippen LogP contribution < -0.4 is 0 Å². The predicted octanol–water partition coefficient (Wildman–Crippen LogP) is 3.07. The van der Waals surface area contributed by atoms with E-state index in [1.54, 1.807) is 28.6 Å². The molecule has 0 N–H and O–H groups in total. The summed E-state index contributed by atoms with van der Waals surface area (Å²) in [5.41, 5.74) is 1.73. The van der Waals surface area contributed by atoms with Gasteiger partial charge in [-0.1, -0.05) is 30.3 Å². The molecule has 0 radical (unpaired) electrons. The molecule has 1 aromatic carbocycles. The molecule has 1 saturated heterocycles. The number of sulfonamides is 1. The largest absolute Gasteiger partial charge is 0.361 e. The molecular formula is C16H20N2O3S. The molecule has 6 heteroatoms. The SMILES string of the molecule is CCc1onc(C)c1[C@H]1CCCN1S(=O)(=O)c1ccccc1. The quantitative estimate of drug-likeness (QED) is 0.868. The summed E-state index contributed by atoms with van der Waals surface area (Å²) >= 11 is 0. The summed E-state index contributed by atoms with van der Waals surface area (Å²) in [7, 11) is -3.49. The molecule has 1 fully saturated rings. The minimum Gasteiger partial charge on any atom is -0.361 e. The van der Waals surface area contributed by atoms with E-state index in [4.69, 9.17) is 4.52 Å². The maximum atomic E-state index is 12.9. The molecule has 5 nitrogen and oxygen atoms in total. The molecule has 0 spiro atoms. The molecule has 1 aliphatic rings. The standard InChI is InChI=1S/C16H20N2O3S/c1-3-15-16(12(2)17-21-15)14-10-7-11-18(14)22(19,20)13-8-5-4-6-9-13/h4-6,8-9,14H,3,7,10-11H2,1-2H3/t14-/m1/s1. The average Bonchev–Trinajstić information content (AvgIpc) is 3.14. The maximum absolute atomic E-state index is 12.9. The normalized spacial score (nSPS) is 19.6. The van der Waals surface area contributed by atoms with Gasteiger partial charge in [0.05, 0.1) is 16.6 Å². The van der Waals surface area contributed by atoms with Crippen LogP contribution in [-0.4, -0.2) is 24.4 Å². The molecule has 2 aromatic rings. The first-order valence-electron chi connectivity index (χ1n) is 7.57. The molecule has 22 heavy (non-hydrogen) atoms. The Balaban J connectivity index is 2.02. The Morgan fingerprint density at radius 3 is 2.73 bits per heavy atom. The van der Waals surface area contributed by atoms with Crippen molar-refractivity contribution in [3.63, 3.8) is 0 Å². The van der Waals surface area contributed by atoms with Gasteiger partial charge in [-0.25, -0.2) is 8.42 Å². The van der Waals surface area contributed by atoms with Crippen LogP contribution in [0.1, 0.15) is 42.8 Å². The number of rotatable bonds is 4. The van der Waals surface area contributed by atoms with Gasteiger partial charge in [-0.3, -0.25) is 0 Å². The first-order chi connectivity index (χ1) is 10.6. The van der Waals surface area contributed by atoms with Gasteiger partial charge in [-0.15, -0.1) is 0 Å². The van der Waals surface area contributed by atoms with Crippen molar-refractivity contribution in [3.8, 4) is 0 Å². The number of nitrogens with zero attached hydrogens (tertiary/aromatic N) is 2. The lowest BCUT2D eigenvalue weighted by Crippen LogP contribution is -2.31. The molecule has 3 rings (SSSR count). The smallest absolute Gasteiger partial charge is 0.243 e. The maximum Gasteiger partial charge on any atom is 0.243 e. The Morgan fingerprint density at radius 2 is 2.05 bits per heavy atom. The second kappa shape index (κ2) is 5.85. The van der Waals surface area contributed by atoms with Crippen LogP contribution in [0, 0.1) is 6.92 Å². The Morgan fingerprint density at radius 1 is 1.32 bits per heavy atom. The lowest BCUT2D eigenvalue weighted by atomic mass is 10.0. The zero-order chi connectivity index (χ0) is 15.7. The summed E-state index contributed by atoms with van der Waals surface area (Å²) in [4.78, 5) is 0.342. The molecule has 0 bridgehead atoms. The third kappa shape index (κ3) is 2.46. The van der Waals surface area contributed by atoms with Crippen LogP contribution in [0.5, 0.6) is 0 Å². The van der Waals surface area contributed by atoms with Crippen molar-refractivity contribution in [2.75, 3.05) is 6.54 Å². The van der Waals surface area contributed by atoms with E-state index in [1.165, 1.54) is 0 Å². The van der Waals surface area contributed by atoms with Gasteiger partial charge in [0, 0.05) is 18.5 Å². The predicted molar refractivity (Wildman–Crippen MR) is 82.9 cm³/mol. The molecule has 0 unspecified atom stereocenters. The highest BCUT2D eigenvalue weighted by molar-refractivity contribution is 7.89. The second-order valence-electron chi connectivity index (χ2n) is 5.55. The molecule has 1 aromatic heterocycles. The molecular weight excluding hydrogens is 300 g/mol. The first-order valence-corrected chi connectivity index (χ1v) is 9.01. The van der Waals surface area contributed by atoms with E-state index in [0.29, 0.717) is 17.9 Å². The molecule has 0 amide bonds. The number of benzene rings is 1. The Hall–Kier alpha value is -1.66. The van der Waals surface area contributed by atoms with Crippen molar-refractivity contribution in [3.05, 3.63) is 47.3 Å². The van der Waals surface area contributed by atoms with Crippen molar-refractivity contribution in [1.82, 2.24) is 9.46 Å². The summed E-state index contributed by atoms with van der Waals surface area (Å²) in [5.74, 6) is 0.790. The molecule has 2 heterocycles. The van der Waals surface area contributed by atoms with E-state index in [2.05, 4.69) is 5.16 Å². The zero-order valence-electron chi connectivity index (χ0n) is 12.8. The van der Waals surface area contributed by atoms with Gasteiger partial charge in [0.15, 0.2) is 0 Å². The number of hydrogen-bond acceptors (Lipinski definition) is 4. The molecule has 118 valence electrons. The summed E-state index contributed by atoms with van der Waals surface area (Å²) in [6.07, 6.45) is 2.37. The monoisotopic (exact) mass is 320 g/mol. The van der Waals surface area contributed by atoms with Gasteiger partial charge in [0.1, 0.15) is 5.76 Å². The Kier molecular flexibility index (Phi) is 4.06. The van der Waals surface area contributed by atoms with Crippen LogP contribution in [0.15, 0.2) is 39.8 Å². The summed E-state index contributed by atoms with van der Waals surface area (Å²) < 4.78 is 32.8. The third-order valence-corrected chi connectivity index (χ3v) is 6.11. The van der Waals surface area contributed by atoms with Gasteiger partial charge in [0.25, 0.3) is 0 Å². The van der Waals surface area contributed by atoms with Crippen LogP contribution in [-0.2, 0) is 16.4 Å². The highest BCUT2D eigenvalue weighted by Gasteiger charge is 2.39. The third-order valence-electron chi connectivity index (χ3n) is 4.19. The van der Waals surface area contributed by atoms with Gasteiger partial charge >= 0.3 is 0 Å². The molecule has 1 atom stereocenters. The van der Waals surface area contributed by atoms with Crippen molar-refractivity contribution in [1.29, 1.82) is 0 Å². The van der Waals surface area contributed by atoms with Crippen LogP contribution in [0.2, 0.25) is 0 Å². The van der Waals surface area contributed by atoms with E-state index in [0.717, 1.165) is 29.9 Å². The van der Waals surface area contributed by atoms with Crippen LogP contribution in [0.3, 0.4) is 0 Å². The highest BCUT2D eigenvalue weighted by atomic mass is 32.2. The van der Waals surface area contributed by atoms with E-state index in [1.807, 2.05) is 19.9 Å². The fraction of sp³-hybridized carbons (Fsp3) is 0.438. The van der Waals surface area contributed by atoms with Crippen LogP contribution in [0.25, 0.3) is 0 Å². The fourth-order valence-electron chi connectivity index (χ4n) is 3.15. The number of aryl methyl sites for hydroxylation is 2. The minimum atomic E-state index is -3.49. The first kappa shape index (κ1) is 15.2. The topological polar surface area (TPSA) is 63.4 Å².